The van der Waals surface area contributed by atoms with E-state index in [2.05, 4.69) is 59.0 Å². The summed E-state index contributed by atoms with van der Waals surface area (Å²) in [6.45, 7) is 0. The van der Waals surface area contributed by atoms with Gasteiger partial charge in [-0.1, -0.05) is 18.2 Å². The second-order valence-corrected chi connectivity index (χ2v) is 9.68. The molecule has 4 aliphatic rings. The van der Waals surface area contributed by atoms with Crippen LogP contribution < -0.4 is 0 Å². The Bertz CT molecular complexity index is 742. The third-order valence-electron chi connectivity index (χ3n) is 6.78. The fourth-order valence-electron chi connectivity index (χ4n) is 6.22. The number of phenolic OH excluding ortho intramolecular Hbond substituents is 1. The van der Waals surface area contributed by atoms with Crippen LogP contribution >= 0.6 is 22.6 Å². The summed E-state index contributed by atoms with van der Waals surface area (Å²) in [6, 6.07) is 15.0. The number of hydrogen-bond acceptors (Lipinski definition) is 1. The van der Waals surface area contributed by atoms with Crippen molar-refractivity contribution in [3.05, 3.63) is 51.6 Å². The van der Waals surface area contributed by atoms with Crippen LogP contribution in [0.15, 0.2) is 42.5 Å². The van der Waals surface area contributed by atoms with E-state index in [0.717, 1.165) is 17.8 Å². The van der Waals surface area contributed by atoms with Crippen LogP contribution in [0.25, 0.3) is 11.1 Å². The van der Waals surface area contributed by atoms with E-state index in [1.165, 1.54) is 58.8 Å². The molecule has 0 aliphatic heterocycles. The average molecular weight is 430 g/mol. The smallest absolute Gasteiger partial charge is 0.119 e. The van der Waals surface area contributed by atoms with Crippen molar-refractivity contribution in [3.8, 4) is 16.9 Å². The molecule has 0 unspecified atom stereocenters. The average Bonchev–Trinajstić information content (AvgIpc) is 2.55. The van der Waals surface area contributed by atoms with Gasteiger partial charge < -0.3 is 5.11 Å². The summed E-state index contributed by atoms with van der Waals surface area (Å²) in [6.07, 6.45) is 8.21. The number of phenols is 1. The molecule has 2 aromatic rings. The van der Waals surface area contributed by atoms with Gasteiger partial charge in [0.05, 0.1) is 0 Å². The minimum absolute atomic E-state index is 0.248. The lowest BCUT2D eigenvalue weighted by molar-refractivity contribution is -0.00611. The Hall–Kier alpha value is -1.03. The van der Waals surface area contributed by atoms with Gasteiger partial charge >= 0.3 is 0 Å². The fraction of sp³-hybridized carbons (Fsp3) is 0.455. The molecule has 0 aromatic heterocycles. The largest absolute Gasteiger partial charge is 0.508 e. The van der Waals surface area contributed by atoms with Crippen LogP contribution in [0.1, 0.15) is 44.1 Å². The molecule has 0 radical (unpaired) electrons. The summed E-state index contributed by atoms with van der Waals surface area (Å²) in [5, 5.41) is 10.7. The first-order valence-corrected chi connectivity index (χ1v) is 10.3. The van der Waals surface area contributed by atoms with Crippen molar-refractivity contribution in [1.82, 2.24) is 0 Å². The van der Waals surface area contributed by atoms with Gasteiger partial charge in [-0.15, -0.1) is 0 Å². The SMILES string of the molecule is Oc1ccc(-c2ccc(I)cc2)cc1C12CC3CC(CC(C3)C1)C2. The molecular weight excluding hydrogens is 407 g/mol. The summed E-state index contributed by atoms with van der Waals surface area (Å²) < 4.78 is 1.26. The molecule has 2 aromatic carbocycles. The molecule has 124 valence electrons. The van der Waals surface area contributed by atoms with E-state index >= 15 is 0 Å². The van der Waals surface area contributed by atoms with Crippen LogP contribution in [-0.2, 0) is 5.41 Å². The standard InChI is InChI=1S/C22H23IO/c23-19-4-1-17(2-5-19)18-3-6-21(24)20(10-18)22-11-14-7-15(12-22)9-16(8-14)13-22/h1-6,10,14-16,24H,7-9,11-13H2. The Morgan fingerprint density at radius 1 is 0.792 bits per heavy atom. The minimum atomic E-state index is 0.248. The minimum Gasteiger partial charge on any atom is -0.508 e. The lowest BCUT2D eigenvalue weighted by Crippen LogP contribution is -2.48. The number of rotatable bonds is 2. The Labute approximate surface area is 157 Å². The molecule has 1 nitrogen and oxygen atoms in total. The van der Waals surface area contributed by atoms with Gasteiger partial charge in [0.25, 0.3) is 0 Å². The summed E-state index contributed by atoms with van der Waals surface area (Å²) >= 11 is 2.35. The van der Waals surface area contributed by atoms with Crippen LogP contribution in [-0.4, -0.2) is 5.11 Å². The van der Waals surface area contributed by atoms with Crippen LogP contribution in [0.2, 0.25) is 0 Å². The van der Waals surface area contributed by atoms with Crippen LogP contribution in [0.4, 0.5) is 0 Å². The zero-order valence-electron chi connectivity index (χ0n) is 13.8. The quantitative estimate of drug-likeness (QED) is 0.569. The van der Waals surface area contributed by atoms with Gasteiger partial charge in [0.2, 0.25) is 0 Å². The maximum Gasteiger partial charge on any atom is 0.119 e. The first-order valence-electron chi connectivity index (χ1n) is 9.21. The highest BCUT2D eigenvalue weighted by Crippen LogP contribution is 2.62. The van der Waals surface area contributed by atoms with Gasteiger partial charge in [0.15, 0.2) is 0 Å². The second-order valence-electron chi connectivity index (χ2n) is 8.44. The van der Waals surface area contributed by atoms with Crippen molar-refractivity contribution in [2.75, 3.05) is 0 Å². The van der Waals surface area contributed by atoms with E-state index in [1.54, 1.807) is 0 Å². The Kier molecular flexibility index (Phi) is 3.48. The van der Waals surface area contributed by atoms with Gasteiger partial charge in [-0.3, -0.25) is 0 Å². The van der Waals surface area contributed by atoms with E-state index in [4.69, 9.17) is 0 Å². The van der Waals surface area contributed by atoms with Gasteiger partial charge in [0.1, 0.15) is 5.75 Å². The third-order valence-corrected chi connectivity index (χ3v) is 7.50. The molecule has 0 spiro atoms. The highest BCUT2D eigenvalue weighted by molar-refractivity contribution is 14.1. The van der Waals surface area contributed by atoms with E-state index < -0.39 is 0 Å². The maximum atomic E-state index is 10.7. The van der Waals surface area contributed by atoms with Crippen molar-refractivity contribution in [1.29, 1.82) is 0 Å². The number of aromatic hydroxyl groups is 1. The Morgan fingerprint density at radius 3 is 1.92 bits per heavy atom. The van der Waals surface area contributed by atoms with Crippen LogP contribution in [0.3, 0.4) is 0 Å². The van der Waals surface area contributed by atoms with Crippen molar-refractivity contribution in [2.24, 2.45) is 17.8 Å². The van der Waals surface area contributed by atoms with Crippen LogP contribution in [0.5, 0.6) is 5.75 Å². The van der Waals surface area contributed by atoms with E-state index in [-0.39, 0.29) is 5.41 Å². The normalized spacial score (nSPS) is 33.8. The number of benzene rings is 2. The monoisotopic (exact) mass is 430 g/mol. The number of halogens is 1. The zero-order chi connectivity index (χ0) is 16.3. The molecule has 2 heteroatoms. The van der Waals surface area contributed by atoms with Crippen molar-refractivity contribution in [2.45, 2.75) is 43.9 Å². The lowest BCUT2D eigenvalue weighted by atomic mass is 9.48. The Balaban J connectivity index is 1.58. The molecule has 4 fully saturated rings. The highest BCUT2D eigenvalue weighted by atomic mass is 127. The van der Waals surface area contributed by atoms with Gasteiger partial charge in [-0.25, -0.2) is 0 Å². The molecule has 4 bridgehead atoms. The molecule has 0 atom stereocenters. The predicted octanol–water partition coefficient (Wildman–Crippen LogP) is 6.13. The molecule has 4 aliphatic carbocycles. The molecule has 0 heterocycles. The molecular formula is C22H23IO. The molecule has 24 heavy (non-hydrogen) atoms. The fourth-order valence-corrected chi connectivity index (χ4v) is 6.58. The topological polar surface area (TPSA) is 20.2 Å². The molecule has 4 saturated carbocycles. The Morgan fingerprint density at radius 2 is 1.33 bits per heavy atom. The number of hydrogen-bond donors (Lipinski definition) is 1. The third kappa shape index (κ3) is 2.40. The molecule has 6 rings (SSSR count). The molecule has 0 amide bonds. The maximum absolute atomic E-state index is 10.7. The molecule has 0 saturated heterocycles. The van der Waals surface area contributed by atoms with Crippen molar-refractivity contribution < 1.29 is 5.11 Å². The lowest BCUT2D eigenvalue weighted by Gasteiger charge is -2.57. The second kappa shape index (κ2) is 5.48. The predicted molar refractivity (Wildman–Crippen MR) is 106 cm³/mol. The van der Waals surface area contributed by atoms with Gasteiger partial charge in [0, 0.05) is 9.13 Å². The first-order chi connectivity index (χ1) is 11.6. The van der Waals surface area contributed by atoms with Crippen molar-refractivity contribution in [3.63, 3.8) is 0 Å². The van der Waals surface area contributed by atoms with E-state index in [9.17, 15) is 5.11 Å². The van der Waals surface area contributed by atoms with Gasteiger partial charge in [-0.05, 0) is 120 Å². The molecule has 1 N–H and O–H groups in total. The summed E-state index contributed by atoms with van der Waals surface area (Å²) in [5.74, 6) is 3.22. The van der Waals surface area contributed by atoms with Crippen LogP contribution in [0, 0.1) is 21.3 Å². The van der Waals surface area contributed by atoms with Gasteiger partial charge in [-0.2, -0.15) is 0 Å². The highest BCUT2D eigenvalue weighted by Gasteiger charge is 2.52. The summed E-state index contributed by atoms with van der Waals surface area (Å²) in [7, 11) is 0. The zero-order valence-corrected chi connectivity index (χ0v) is 16.0. The summed E-state index contributed by atoms with van der Waals surface area (Å²) in [4.78, 5) is 0. The first kappa shape index (κ1) is 15.2. The van der Waals surface area contributed by atoms with E-state index in [0.29, 0.717) is 5.75 Å². The summed E-state index contributed by atoms with van der Waals surface area (Å²) in [5.41, 5.74) is 3.98. The van der Waals surface area contributed by atoms with Crippen molar-refractivity contribution >= 4 is 22.6 Å². The van der Waals surface area contributed by atoms with E-state index in [1.807, 2.05) is 6.07 Å².